The number of allylic oxidation sites excluding steroid dienone is 4. The monoisotopic (exact) mass is 470 g/mol. The molecule has 0 amide bonds. The molecular weight excluding hydrogens is 432 g/mol. The first-order chi connectivity index (χ1) is 16.2. The molecule has 2 N–H and O–H groups in total. The molecule has 6 rings (SSSR count). The van der Waals surface area contributed by atoms with Crippen molar-refractivity contribution in [3.05, 3.63) is 23.8 Å². The van der Waals surface area contributed by atoms with Crippen LogP contribution in [-0.4, -0.2) is 52.5 Å². The molecule has 0 aromatic rings. The Kier molecular flexibility index (Phi) is 5.31. The van der Waals surface area contributed by atoms with Gasteiger partial charge in [-0.15, -0.1) is 0 Å². The van der Waals surface area contributed by atoms with Gasteiger partial charge in [-0.25, -0.2) is 0 Å². The van der Waals surface area contributed by atoms with E-state index in [1.807, 2.05) is 6.08 Å². The lowest BCUT2D eigenvalue weighted by Gasteiger charge is -2.59. The van der Waals surface area contributed by atoms with E-state index >= 15 is 0 Å². The summed E-state index contributed by atoms with van der Waals surface area (Å²) in [4.78, 5) is 25.6. The summed E-state index contributed by atoms with van der Waals surface area (Å²) in [6, 6.07) is 0. The van der Waals surface area contributed by atoms with Gasteiger partial charge in [0.15, 0.2) is 23.5 Å². The molecule has 1 aliphatic heterocycles. The molecule has 0 spiro atoms. The summed E-state index contributed by atoms with van der Waals surface area (Å²) in [5.74, 6) is 0.360. The van der Waals surface area contributed by atoms with E-state index in [1.165, 1.54) is 6.42 Å². The van der Waals surface area contributed by atoms with Crippen LogP contribution in [0.15, 0.2) is 23.8 Å². The molecule has 6 nitrogen and oxygen atoms in total. The van der Waals surface area contributed by atoms with Crippen molar-refractivity contribution in [3.63, 3.8) is 0 Å². The topological polar surface area (TPSA) is 93.1 Å². The Morgan fingerprint density at radius 3 is 2.68 bits per heavy atom. The lowest BCUT2D eigenvalue weighted by atomic mass is 9.46. The Bertz CT molecular complexity index is 949. The van der Waals surface area contributed by atoms with Crippen LogP contribution in [0, 0.1) is 34.5 Å². The summed E-state index contributed by atoms with van der Waals surface area (Å²) in [6.07, 6.45) is 12.5. The summed E-state index contributed by atoms with van der Waals surface area (Å²) >= 11 is 0. The number of Topliss-reactive ketones (excluding diaryl/α,β-unsaturated/α-hetero) is 1. The summed E-state index contributed by atoms with van der Waals surface area (Å²) in [6.45, 7) is 3.69. The van der Waals surface area contributed by atoms with Crippen molar-refractivity contribution in [2.24, 2.45) is 34.5 Å². The Hall–Kier alpha value is -1.34. The molecule has 5 fully saturated rings. The third kappa shape index (κ3) is 2.89. The van der Waals surface area contributed by atoms with Crippen LogP contribution < -0.4 is 0 Å². The number of hydrogen-bond acceptors (Lipinski definition) is 6. The highest BCUT2D eigenvalue weighted by Gasteiger charge is 2.76. The van der Waals surface area contributed by atoms with E-state index in [0.717, 1.165) is 50.5 Å². The van der Waals surface area contributed by atoms with Crippen LogP contribution in [0.25, 0.3) is 0 Å². The van der Waals surface area contributed by atoms with Gasteiger partial charge in [0.05, 0.1) is 12.2 Å². The molecule has 0 aromatic carbocycles. The fourth-order valence-corrected chi connectivity index (χ4v) is 9.33. The molecule has 9 atom stereocenters. The highest BCUT2D eigenvalue weighted by molar-refractivity contribution is 6.01. The third-order valence-corrected chi connectivity index (χ3v) is 10.8. The number of aliphatic hydroxyl groups excluding tert-OH is 2. The number of hydrogen-bond donors (Lipinski definition) is 2. The van der Waals surface area contributed by atoms with E-state index in [1.54, 1.807) is 12.2 Å². The smallest absolute Gasteiger partial charge is 0.193 e. The van der Waals surface area contributed by atoms with Gasteiger partial charge in [0.2, 0.25) is 0 Å². The average Bonchev–Trinajstić information content (AvgIpc) is 3.32. The average molecular weight is 471 g/mol. The first-order valence-electron chi connectivity index (χ1n) is 13.3. The van der Waals surface area contributed by atoms with Crippen molar-refractivity contribution < 1.29 is 29.3 Å². The van der Waals surface area contributed by atoms with Crippen molar-refractivity contribution in [3.8, 4) is 0 Å². The van der Waals surface area contributed by atoms with Gasteiger partial charge in [-0.05, 0) is 62.5 Å². The van der Waals surface area contributed by atoms with Gasteiger partial charge in [-0.1, -0.05) is 44.8 Å². The zero-order valence-electron chi connectivity index (χ0n) is 20.4. The van der Waals surface area contributed by atoms with Gasteiger partial charge in [0.1, 0.15) is 6.61 Å². The Balaban J connectivity index is 1.37. The van der Waals surface area contributed by atoms with Gasteiger partial charge >= 0.3 is 0 Å². The molecule has 1 saturated heterocycles. The fourth-order valence-electron chi connectivity index (χ4n) is 9.33. The minimum atomic E-state index is -1.20. The molecule has 6 heteroatoms. The molecular formula is C28H38O6. The largest absolute Gasteiger partial charge is 0.393 e. The van der Waals surface area contributed by atoms with Crippen molar-refractivity contribution in [1.82, 2.24) is 0 Å². The molecule has 0 bridgehead atoms. The van der Waals surface area contributed by atoms with Crippen LogP contribution in [0.1, 0.15) is 71.6 Å². The maximum atomic E-state index is 13.5. The molecule has 5 aliphatic carbocycles. The number of aliphatic hydroxyl groups is 2. The van der Waals surface area contributed by atoms with Crippen LogP contribution in [0.5, 0.6) is 0 Å². The SMILES string of the molecule is C[C@]12C=CC(=O)C=C1CCC1C2[C@@H](O)C[C@@]2(C)C1CC1O[C@@H](C3CCCCC3)O[C@]12C(=O)CO. The molecule has 4 saturated carbocycles. The molecule has 1 heterocycles. The molecule has 34 heavy (non-hydrogen) atoms. The Labute approximate surface area is 201 Å². The van der Waals surface area contributed by atoms with Crippen molar-refractivity contribution in [2.45, 2.75) is 95.7 Å². The molecule has 0 radical (unpaired) electrons. The van der Waals surface area contributed by atoms with Crippen molar-refractivity contribution in [2.75, 3.05) is 6.61 Å². The van der Waals surface area contributed by atoms with Crippen LogP contribution in [0.2, 0.25) is 0 Å². The molecule has 6 aliphatic rings. The van der Waals surface area contributed by atoms with Gasteiger partial charge < -0.3 is 19.7 Å². The molecule has 186 valence electrons. The molecule has 0 aromatic heterocycles. The summed E-state index contributed by atoms with van der Waals surface area (Å²) in [5.41, 5.74) is -1.04. The maximum Gasteiger partial charge on any atom is 0.193 e. The minimum absolute atomic E-state index is 0.0100. The zero-order valence-corrected chi connectivity index (χ0v) is 20.4. The van der Waals surface area contributed by atoms with Gasteiger partial charge in [0, 0.05) is 22.7 Å². The maximum absolute atomic E-state index is 13.5. The lowest BCUT2D eigenvalue weighted by molar-refractivity contribution is -0.209. The van der Waals surface area contributed by atoms with E-state index in [4.69, 9.17) is 9.47 Å². The number of carbonyl (C=O) groups is 2. The Morgan fingerprint density at radius 2 is 1.94 bits per heavy atom. The predicted molar refractivity (Wildman–Crippen MR) is 125 cm³/mol. The zero-order chi connectivity index (χ0) is 23.9. The standard InChI is InChI=1S/C28H38O6/c1-26-11-10-18(30)12-17(26)8-9-19-20-13-23-28(22(32)15-29,27(20,2)14-21(31)24(19)26)34-25(33-23)16-6-4-3-5-7-16/h10-12,16,19-21,23-25,29,31H,3-9,13-15H2,1-2H3/t19?,20?,21-,23?,24?,25+,26-,27-,28+/m0/s1. The van der Waals surface area contributed by atoms with Gasteiger partial charge in [-0.2, -0.15) is 0 Å². The first kappa shape index (κ1) is 23.1. The van der Waals surface area contributed by atoms with Crippen LogP contribution in [0.3, 0.4) is 0 Å². The van der Waals surface area contributed by atoms with E-state index < -0.39 is 30.0 Å². The van der Waals surface area contributed by atoms with Crippen LogP contribution in [-0.2, 0) is 19.1 Å². The van der Waals surface area contributed by atoms with Gasteiger partial charge in [-0.3, -0.25) is 9.59 Å². The number of carbonyl (C=O) groups excluding carboxylic acids is 2. The summed E-state index contributed by atoms with van der Waals surface area (Å²) in [5, 5.41) is 21.7. The fraction of sp³-hybridized carbons (Fsp3) is 0.786. The van der Waals surface area contributed by atoms with E-state index in [-0.39, 0.29) is 46.8 Å². The number of fused-ring (bicyclic) bond motifs is 7. The second-order valence-corrected chi connectivity index (χ2v) is 12.3. The van der Waals surface area contributed by atoms with E-state index in [9.17, 15) is 19.8 Å². The number of ether oxygens (including phenoxy) is 2. The molecule has 4 unspecified atom stereocenters. The summed E-state index contributed by atoms with van der Waals surface area (Å²) < 4.78 is 13.3. The third-order valence-electron chi connectivity index (χ3n) is 10.8. The summed E-state index contributed by atoms with van der Waals surface area (Å²) in [7, 11) is 0. The second kappa shape index (κ2) is 7.83. The quantitative estimate of drug-likeness (QED) is 0.656. The van der Waals surface area contributed by atoms with Gasteiger partial charge in [0.25, 0.3) is 0 Å². The highest BCUT2D eigenvalue weighted by Crippen LogP contribution is 2.70. The van der Waals surface area contributed by atoms with Crippen LogP contribution >= 0.6 is 0 Å². The number of rotatable bonds is 3. The Morgan fingerprint density at radius 1 is 1.18 bits per heavy atom. The number of ketones is 2. The van der Waals surface area contributed by atoms with E-state index in [0.29, 0.717) is 6.42 Å². The normalized spacial score (nSPS) is 50.2. The van der Waals surface area contributed by atoms with Crippen molar-refractivity contribution >= 4 is 11.6 Å². The minimum Gasteiger partial charge on any atom is -0.393 e. The van der Waals surface area contributed by atoms with E-state index in [2.05, 4.69) is 13.8 Å². The van der Waals surface area contributed by atoms with Crippen LogP contribution in [0.4, 0.5) is 0 Å². The van der Waals surface area contributed by atoms with Crippen molar-refractivity contribution in [1.29, 1.82) is 0 Å². The highest BCUT2D eigenvalue weighted by atomic mass is 16.7. The lowest BCUT2D eigenvalue weighted by Crippen LogP contribution is -2.63. The second-order valence-electron chi connectivity index (χ2n) is 12.3. The predicted octanol–water partition coefficient (Wildman–Crippen LogP) is 3.50. The first-order valence-corrected chi connectivity index (χ1v) is 13.3.